The van der Waals surface area contributed by atoms with E-state index in [2.05, 4.69) is 10.6 Å². The largest absolute Gasteiger partial charge is 0.467 e. The third-order valence-electron chi connectivity index (χ3n) is 2.58. The minimum atomic E-state index is -0.230. The molecule has 14 heavy (non-hydrogen) atoms. The van der Waals surface area contributed by atoms with Gasteiger partial charge in [-0.2, -0.15) is 0 Å². The van der Waals surface area contributed by atoms with Crippen LogP contribution in [0.1, 0.15) is 12.7 Å². The average molecular weight is 194 g/mol. The van der Waals surface area contributed by atoms with Gasteiger partial charge in [0.2, 0.25) is 5.91 Å². The van der Waals surface area contributed by atoms with Crippen molar-refractivity contribution in [3.8, 4) is 0 Å². The lowest BCUT2D eigenvalue weighted by Crippen LogP contribution is -2.59. The second kappa shape index (κ2) is 3.46. The van der Waals surface area contributed by atoms with Gasteiger partial charge >= 0.3 is 0 Å². The summed E-state index contributed by atoms with van der Waals surface area (Å²) in [4.78, 5) is 11.6. The minimum Gasteiger partial charge on any atom is -0.467 e. The van der Waals surface area contributed by atoms with Crippen molar-refractivity contribution in [2.75, 3.05) is 13.1 Å². The van der Waals surface area contributed by atoms with Crippen LogP contribution in [0.3, 0.4) is 0 Å². The number of carbonyl (C=O) groups is 1. The Morgan fingerprint density at radius 1 is 1.71 bits per heavy atom. The van der Waals surface area contributed by atoms with Gasteiger partial charge in [-0.25, -0.2) is 0 Å². The molecule has 0 radical (unpaired) electrons. The maximum atomic E-state index is 11.6. The fourth-order valence-corrected chi connectivity index (χ4v) is 1.45. The predicted octanol–water partition coefficient (Wildman–Crippen LogP) is 0.505. The summed E-state index contributed by atoms with van der Waals surface area (Å²) in [6, 6.07) is 3.66. The lowest BCUT2D eigenvalue weighted by Gasteiger charge is -2.37. The van der Waals surface area contributed by atoms with Gasteiger partial charge in [0.25, 0.3) is 0 Å². The van der Waals surface area contributed by atoms with Crippen LogP contribution >= 0.6 is 0 Å². The van der Waals surface area contributed by atoms with Crippen molar-refractivity contribution in [3.05, 3.63) is 24.2 Å². The van der Waals surface area contributed by atoms with Gasteiger partial charge in [-0.3, -0.25) is 4.79 Å². The van der Waals surface area contributed by atoms with Crippen molar-refractivity contribution < 1.29 is 9.21 Å². The smallest absolute Gasteiger partial charge is 0.228 e. The molecule has 1 amide bonds. The highest BCUT2D eigenvalue weighted by atomic mass is 16.3. The summed E-state index contributed by atoms with van der Waals surface area (Å²) >= 11 is 0. The first-order valence-corrected chi connectivity index (χ1v) is 4.72. The molecule has 4 nitrogen and oxygen atoms in total. The Labute approximate surface area is 82.7 Å². The van der Waals surface area contributed by atoms with E-state index in [9.17, 15) is 4.79 Å². The number of hydrogen-bond donors (Lipinski definition) is 2. The summed E-state index contributed by atoms with van der Waals surface area (Å²) in [5, 5.41) is 5.95. The van der Waals surface area contributed by atoms with Crippen LogP contribution in [-0.4, -0.2) is 19.0 Å². The van der Waals surface area contributed by atoms with Crippen molar-refractivity contribution in [1.82, 2.24) is 10.6 Å². The number of amides is 1. The quantitative estimate of drug-likeness (QED) is 0.737. The molecule has 1 aromatic heterocycles. The molecule has 1 fully saturated rings. The monoisotopic (exact) mass is 194 g/mol. The molecule has 1 aromatic rings. The van der Waals surface area contributed by atoms with Crippen molar-refractivity contribution >= 4 is 5.91 Å². The Bertz CT molecular complexity index is 315. The summed E-state index contributed by atoms with van der Waals surface area (Å²) in [5.74, 6) is 0.877. The van der Waals surface area contributed by atoms with Gasteiger partial charge in [-0.1, -0.05) is 0 Å². The van der Waals surface area contributed by atoms with Crippen LogP contribution in [0.25, 0.3) is 0 Å². The van der Waals surface area contributed by atoms with Gasteiger partial charge in [0.1, 0.15) is 5.76 Å². The van der Waals surface area contributed by atoms with E-state index in [1.165, 1.54) is 0 Å². The maximum Gasteiger partial charge on any atom is 0.228 e. The lowest BCUT2D eigenvalue weighted by atomic mass is 9.83. The maximum absolute atomic E-state index is 11.6. The molecule has 2 N–H and O–H groups in total. The van der Waals surface area contributed by atoms with Gasteiger partial charge in [-0.05, 0) is 19.1 Å². The van der Waals surface area contributed by atoms with Crippen molar-refractivity contribution in [3.63, 3.8) is 0 Å². The van der Waals surface area contributed by atoms with Crippen LogP contribution in [0, 0.1) is 5.41 Å². The highest BCUT2D eigenvalue weighted by Crippen LogP contribution is 2.21. The highest BCUT2D eigenvalue weighted by molar-refractivity contribution is 5.83. The normalized spacial score (nSPS) is 18.6. The predicted molar refractivity (Wildman–Crippen MR) is 51.5 cm³/mol. The molecule has 4 heteroatoms. The molecule has 0 unspecified atom stereocenters. The standard InChI is InChI=1S/C10H14N2O2/c1-10(6-11-7-10)9(13)12-5-8-3-2-4-14-8/h2-4,11H,5-7H2,1H3,(H,12,13). The fourth-order valence-electron chi connectivity index (χ4n) is 1.45. The van der Waals surface area contributed by atoms with E-state index in [1.54, 1.807) is 6.26 Å². The van der Waals surface area contributed by atoms with Gasteiger partial charge < -0.3 is 15.1 Å². The van der Waals surface area contributed by atoms with Gasteiger partial charge in [-0.15, -0.1) is 0 Å². The molecule has 0 atom stereocenters. The molecular formula is C10H14N2O2. The van der Waals surface area contributed by atoms with Crippen LogP contribution in [0.4, 0.5) is 0 Å². The molecule has 1 aliphatic heterocycles. The molecule has 0 bridgehead atoms. The van der Waals surface area contributed by atoms with Gasteiger partial charge in [0.15, 0.2) is 0 Å². The molecule has 2 heterocycles. The number of nitrogens with one attached hydrogen (secondary N) is 2. The third-order valence-corrected chi connectivity index (χ3v) is 2.58. The lowest BCUT2D eigenvalue weighted by molar-refractivity contribution is -0.133. The number of hydrogen-bond acceptors (Lipinski definition) is 3. The first-order valence-electron chi connectivity index (χ1n) is 4.72. The molecule has 0 spiro atoms. The van der Waals surface area contributed by atoms with Crippen LogP contribution in [0.2, 0.25) is 0 Å². The van der Waals surface area contributed by atoms with E-state index in [1.807, 2.05) is 19.1 Å². The molecule has 2 rings (SSSR count). The van der Waals surface area contributed by atoms with Crippen molar-refractivity contribution in [1.29, 1.82) is 0 Å². The molecule has 1 aliphatic rings. The molecule has 76 valence electrons. The number of carbonyl (C=O) groups excluding carboxylic acids is 1. The van der Waals surface area contributed by atoms with E-state index >= 15 is 0 Å². The third kappa shape index (κ3) is 1.65. The van der Waals surface area contributed by atoms with Crippen LogP contribution in [-0.2, 0) is 11.3 Å². The van der Waals surface area contributed by atoms with Crippen LogP contribution < -0.4 is 10.6 Å². The van der Waals surface area contributed by atoms with Crippen molar-refractivity contribution in [2.45, 2.75) is 13.5 Å². The zero-order chi connectivity index (χ0) is 10.0. The number of rotatable bonds is 3. The summed E-state index contributed by atoms with van der Waals surface area (Å²) in [6.07, 6.45) is 1.61. The Morgan fingerprint density at radius 2 is 2.50 bits per heavy atom. The van der Waals surface area contributed by atoms with Crippen molar-refractivity contribution in [2.24, 2.45) is 5.41 Å². The fraction of sp³-hybridized carbons (Fsp3) is 0.500. The summed E-state index contributed by atoms with van der Waals surface area (Å²) in [7, 11) is 0. The Kier molecular flexibility index (Phi) is 2.29. The molecule has 0 aromatic carbocycles. The Morgan fingerprint density at radius 3 is 3.00 bits per heavy atom. The molecule has 0 saturated carbocycles. The Hall–Kier alpha value is -1.29. The first-order chi connectivity index (χ1) is 6.71. The minimum absolute atomic E-state index is 0.0904. The van der Waals surface area contributed by atoms with Crippen LogP contribution in [0.5, 0.6) is 0 Å². The van der Waals surface area contributed by atoms with Gasteiger partial charge in [0.05, 0.1) is 18.2 Å². The van der Waals surface area contributed by atoms with E-state index in [-0.39, 0.29) is 11.3 Å². The van der Waals surface area contributed by atoms with E-state index in [4.69, 9.17) is 4.42 Å². The summed E-state index contributed by atoms with van der Waals surface area (Å²) < 4.78 is 5.12. The zero-order valence-electron chi connectivity index (χ0n) is 8.17. The van der Waals surface area contributed by atoms with E-state index < -0.39 is 0 Å². The van der Waals surface area contributed by atoms with E-state index in [0.717, 1.165) is 18.8 Å². The molecule has 1 saturated heterocycles. The topological polar surface area (TPSA) is 54.3 Å². The number of furan rings is 1. The van der Waals surface area contributed by atoms with Gasteiger partial charge in [0, 0.05) is 13.1 Å². The SMILES string of the molecule is CC1(C(=O)NCc2ccco2)CNC1. The second-order valence-electron chi connectivity index (χ2n) is 3.93. The molecule has 0 aliphatic carbocycles. The highest BCUT2D eigenvalue weighted by Gasteiger charge is 2.38. The molecular weight excluding hydrogens is 180 g/mol. The van der Waals surface area contributed by atoms with Crippen LogP contribution in [0.15, 0.2) is 22.8 Å². The Balaban J connectivity index is 1.84. The first kappa shape index (κ1) is 9.27. The summed E-state index contributed by atoms with van der Waals surface area (Å²) in [5.41, 5.74) is -0.230. The van der Waals surface area contributed by atoms with E-state index in [0.29, 0.717) is 6.54 Å². The average Bonchev–Trinajstić information content (AvgIpc) is 2.62. The summed E-state index contributed by atoms with van der Waals surface area (Å²) in [6.45, 7) is 3.95. The zero-order valence-corrected chi connectivity index (χ0v) is 8.17. The second-order valence-corrected chi connectivity index (χ2v) is 3.93.